The Morgan fingerprint density at radius 3 is 3.00 bits per heavy atom. The molecule has 2 aromatic rings. The van der Waals surface area contributed by atoms with Gasteiger partial charge < -0.3 is 11.1 Å². The van der Waals surface area contributed by atoms with E-state index in [1.807, 2.05) is 0 Å². The van der Waals surface area contributed by atoms with Gasteiger partial charge in [0.05, 0.1) is 29.0 Å². The smallest absolute Gasteiger partial charge is 0.258 e. The van der Waals surface area contributed by atoms with Crippen LogP contribution in [0, 0.1) is 11.8 Å². The third kappa shape index (κ3) is 3.38. The van der Waals surface area contributed by atoms with Gasteiger partial charge in [-0.25, -0.2) is 0 Å². The summed E-state index contributed by atoms with van der Waals surface area (Å²) in [6.45, 7) is 0.278. The van der Waals surface area contributed by atoms with Crippen molar-refractivity contribution in [3.05, 3.63) is 46.7 Å². The average Bonchev–Trinajstić information content (AvgIpc) is 2.86. The molecule has 0 bridgehead atoms. The van der Waals surface area contributed by atoms with E-state index in [4.69, 9.17) is 17.3 Å². The monoisotopic (exact) mass is 288 g/mol. The Hall–Kier alpha value is -2.29. The summed E-state index contributed by atoms with van der Waals surface area (Å²) in [4.78, 5) is 12.0. The number of amides is 1. The van der Waals surface area contributed by atoms with E-state index in [2.05, 4.69) is 22.3 Å². The zero-order chi connectivity index (χ0) is 14.5. The second-order valence-electron chi connectivity index (χ2n) is 4.06. The number of nitrogens with two attached hydrogens (primary N) is 1. The van der Waals surface area contributed by atoms with Crippen molar-refractivity contribution in [1.29, 1.82) is 0 Å². The van der Waals surface area contributed by atoms with Crippen LogP contribution in [0.4, 0.5) is 5.69 Å². The van der Waals surface area contributed by atoms with Crippen molar-refractivity contribution in [3.63, 3.8) is 0 Å². The lowest BCUT2D eigenvalue weighted by atomic mass is 10.2. The Balaban J connectivity index is 2.22. The molecule has 0 fully saturated rings. The van der Waals surface area contributed by atoms with Gasteiger partial charge in [-0.15, -0.1) is 0 Å². The normalized spacial score (nSPS) is 9.75. The maximum atomic E-state index is 12.0. The fourth-order valence-corrected chi connectivity index (χ4v) is 1.75. The van der Waals surface area contributed by atoms with Crippen LogP contribution < -0.4 is 11.1 Å². The SMILES string of the molecule is Cn1cc(C(=O)Nc2cc(C#CCN)ccc2Cl)cn1. The Morgan fingerprint density at radius 1 is 1.55 bits per heavy atom. The first kappa shape index (κ1) is 14.1. The predicted octanol–water partition coefficient (Wildman–Crippen LogP) is 1.64. The lowest BCUT2D eigenvalue weighted by Gasteiger charge is -2.06. The van der Waals surface area contributed by atoms with Crippen molar-refractivity contribution >= 4 is 23.2 Å². The molecule has 3 N–H and O–H groups in total. The molecule has 0 spiro atoms. The van der Waals surface area contributed by atoms with Crippen molar-refractivity contribution in [2.24, 2.45) is 12.8 Å². The number of anilines is 1. The first-order chi connectivity index (χ1) is 9.60. The molecular formula is C14H13ClN4O. The van der Waals surface area contributed by atoms with E-state index in [1.54, 1.807) is 36.1 Å². The molecule has 0 saturated heterocycles. The number of halogens is 1. The summed E-state index contributed by atoms with van der Waals surface area (Å²) < 4.78 is 1.56. The van der Waals surface area contributed by atoms with Crippen LogP contribution in [0.1, 0.15) is 15.9 Å². The van der Waals surface area contributed by atoms with Crippen LogP contribution in [-0.4, -0.2) is 22.2 Å². The van der Waals surface area contributed by atoms with E-state index in [0.29, 0.717) is 16.3 Å². The van der Waals surface area contributed by atoms with Gasteiger partial charge in [-0.3, -0.25) is 9.48 Å². The molecule has 0 saturated carbocycles. The van der Waals surface area contributed by atoms with Crippen molar-refractivity contribution in [2.75, 3.05) is 11.9 Å². The van der Waals surface area contributed by atoms with Gasteiger partial charge in [0.25, 0.3) is 5.91 Å². The van der Waals surface area contributed by atoms with Crippen molar-refractivity contribution in [2.45, 2.75) is 0 Å². The second kappa shape index (κ2) is 6.24. The maximum absolute atomic E-state index is 12.0. The summed E-state index contributed by atoms with van der Waals surface area (Å²) in [5, 5.41) is 7.12. The Kier molecular flexibility index (Phi) is 4.41. The highest BCUT2D eigenvalue weighted by Crippen LogP contribution is 2.23. The first-order valence-electron chi connectivity index (χ1n) is 5.88. The van der Waals surface area contributed by atoms with Gasteiger partial charge in [-0.1, -0.05) is 23.4 Å². The molecule has 0 aliphatic rings. The number of carbonyl (C=O) groups excluding carboxylic acids is 1. The third-order valence-corrected chi connectivity index (χ3v) is 2.85. The fraction of sp³-hybridized carbons (Fsp3) is 0.143. The van der Waals surface area contributed by atoms with Crippen LogP contribution >= 0.6 is 11.6 Å². The average molecular weight is 289 g/mol. The molecule has 6 heteroatoms. The standard InChI is InChI=1S/C14H13ClN4O/c1-19-9-11(8-17-19)14(20)18-13-7-10(3-2-6-16)4-5-12(13)15/h4-5,7-9H,6,16H2,1H3,(H,18,20). The van der Waals surface area contributed by atoms with E-state index in [-0.39, 0.29) is 12.5 Å². The molecule has 0 radical (unpaired) electrons. The number of carbonyl (C=O) groups is 1. The molecule has 20 heavy (non-hydrogen) atoms. The number of nitrogens with one attached hydrogen (secondary N) is 1. The van der Waals surface area contributed by atoms with Crippen LogP contribution in [0.5, 0.6) is 0 Å². The summed E-state index contributed by atoms with van der Waals surface area (Å²) in [6, 6.07) is 5.16. The van der Waals surface area contributed by atoms with Crippen LogP contribution in [0.25, 0.3) is 0 Å². The second-order valence-corrected chi connectivity index (χ2v) is 4.46. The molecule has 1 heterocycles. The highest BCUT2D eigenvalue weighted by atomic mass is 35.5. The predicted molar refractivity (Wildman–Crippen MR) is 78.5 cm³/mol. The highest BCUT2D eigenvalue weighted by molar-refractivity contribution is 6.34. The lowest BCUT2D eigenvalue weighted by Crippen LogP contribution is -2.11. The van der Waals surface area contributed by atoms with Gasteiger partial charge in [0.1, 0.15) is 0 Å². The zero-order valence-corrected chi connectivity index (χ0v) is 11.6. The quantitative estimate of drug-likeness (QED) is 0.825. The van der Waals surface area contributed by atoms with Crippen molar-refractivity contribution < 1.29 is 4.79 Å². The first-order valence-corrected chi connectivity index (χ1v) is 6.26. The summed E-state index contributed by atoms with van der Waals surface area (Å²) in [6.07, 6.45) is 3.11. The molecule has 5 nitrogen and oxygen atoms in total. The van der Waals surface area contributed by atoms with Crippen molar-refractivity contribution in [1.82, 2.24) is 9.78 Å². The third-order valence-electron chi connectivity index (χ3n) is 2.52. The molecule has 102 valence electrons. The molecule has 0 atom stereocenters. The minimum Gasteiger partial charge on any atom is -0.320 e. The van der Waals surface area contributed by atoms with Gasteiger partial charge in [0, 0.05) is 18.8 Å². The fourth-order valence-electron chi connectivity index (χ4n) is 1.58. The number of aryl methyl sites for hydroxylation is 1. The summed E-state index contributed by atoms with van der Waals surface area (Å²) in [5.74, 6) is 5.36. The number of hydrogen-bond donors (Lipinski definition) is 2. The number of benzene rings is 1. The molecule has 0 unspecified atom stereocenters. The maximum Gasteiger partial charge on any atom is 0.258 e. The number of hydrogen-bond acceptors (Lipinski definition) is 3. The van der Waals surface area contributed by atoms with Gasteiger partial charge in [-0.2, -0.15) is 5.10 Å². The van der Waals surface area contributed by atoms with E-state index in [9.17, 15) is 4.79 Å². The molecule has 1 aromatic carbocycles. The summed E-state index contributed by atoms with van der Waals surface area (Å²) in [7, 11) is 1.74. The van der Waals surface area contributed by atoms with Gasteiger partial charge in [-0.05, 0) is 18.2 Å². The molecular weight excluding hydrogens is 276 g/mol. The van der Waals surface area contributed by atoms with E-state index >= 15 is 0 Å². The molecule has 0 aliphatic heterocycles. The Labute approximate surface area is 121 Å². The summed E-state index contributed by atoms with van der Waals surface area (Å²) >= 11 is 6.06. The van der Waals surface area contributed by atoms with E-state index in [0.717, 1.165) is 5.56 Å². The minimum atomic E-state index is -0.274. The molecule has 1 amide bonds. The summed E-state index contributed by atoms with van der Waals surface area (Å²) in [5.41, 5.74) is 7.03. The van der Waals surface area contributed by atoms with Crippen LogP contribution in [0.2, 0.25) is 5.02 Å². The van der Waals surface area contributed by atoms with Gasteiger partial charge in [0.2, 0.25) is 0 Å². The lowest BCUT2D eigenvalue weighted by molar-refractivity contribution is 0.102. The van der Waals surface area contributed by atoms with Crippen LogP contribution in [-0.2, 0) is 7.05 Å². The van der Waals surface area contributed by atoms with E-state index < -0.39 is 0 Å². The van der Waals surface area contributed by atoms with Crippen molar-refractivity contribution in [3.8, 4) is 11.8 Å². The topological polar surface area (TPSA) is 72.9 Å². The van der Waals surface area contributed by atoms with Gasteiger partial charge in [0.15, 0.2) is 0 Å². The number of rotatable bonds is 2. The van der Waals surface area contributed by atoms with Crippen LogP contribution in [0.3, 0.4) is 0 Å². The molecule has 1 aromatic heterocycles. The number of nitrogens with zero attached hydrogens (tertiary/aromatic N) is 2. The molecule has 0 aliphatic carbocycles. The minimum absolute atomic E-state index is 0.274. The zero-order valence-electron chi connectivity index (χ0n) is 10.9. The Morgan fingerprint density at radius 2 is 2.35 bits per heavy atom. The Bertz CT molecular complexity index is 697. The number of aromatic nitrogens is 2. The van der Waals surface area contributed by atoms with E-state index in [1.165, 1.54) is 6.20 Å². The van der Waals surface area contributed by atoms with Crippen LogP contribution in [0.15, 0.2) is 30.6 Å². The highest BCUT2D eigenvalue weighted by Gasteiger charge is 2.10. The largest absolute Gasteiger partial charge is 0.320 e. The van der Waals surface area contributed by atoms with Gasteiger partial charge >= 0.3 is 0 Å². The molecule has 2 rings (SSSR count).